The number of carbonyl (C=O) groups excluding carboxylic acids is 1. The lowest BCUT2D eigenvalue weighted by Crippen LogP contribution is -2.26. The normalized spacial score (nSPS) is 10.5. The highest BCUT2D eigenvalue weighted by Crippen LogP contribution is 2.22. The molecule has 5 heteroatoms. The van der Waals surface area contributed by atoms with Crippen molar-refractivity contribution in [2.24, 2.45) is 0 Å². The van der Waals surface area contributed by atoms with Crippen LogP contribution in [0.3, 0.4) is 0 Å². The summed E-state index contributed by atoms with van der Waals surface area (Å²) >= 11 is 7.38. The number of thioether (sulfide) groups is 1. The van der Waals surface area contributed by atoms with Crippen molar-refractivity contribution >= 4 is 56.2 Å². The molecule has 0 saturated heterocycles. The van der Waals surface area contributed by atoms with E-state index in [0.717, 1.165) is 13.6 Å². The summed E-state index contributed by atoms with van der Waals surface area (Å²) in [6.45, 7) is 0.603. The summed E-state index contributed by atoms with van der Waals surface area (Å²) in [4.78, 5) is 15.5. The van der Waals surface area contributed by atoms with Gasteiger partial charge in [0, 0.05) is 26.5 Å². The van der Waals surface area contributed by atoms with E-state index in [9.17, 15) is 4.79 Å². The van der Waals surface area contributed by atoms with E-state index >= 15 is 0 Å². The maximum atomic E-state index is 12.5. The smallest absolute Gasteiger partial charge is 0.255 e. The Labute approximate surface area is 151 Å². The molecule has 110 valence electrons. The van der Waals surface area contributed by atoms with Crippen LogP contribution >= 0.6 is 50.3 Å². The van der Waals surface area contributed by atoms with Crippen molar-refractivity contribution in [1.29, 1.82) is 0 Å². The van der Waals surface area contributed by atoms with Crippen LogP contribution < -0.4 is 0 Å². The molecule has 2 aromatic rings. The minimum atomic E-state index is 0.0225. The van der Waals surface area contributed by atoms with Crippen molar-refractivity contribution in [3.63, 3.8) is 0 Å². The minimum absolute atomic E-state index is 0.0225. The molecule has 21 heavy (non-hydrogen) atoms. The number of benzene rings is 2. The summed E-state index contributed by atoms with van der Waals surface area (Å²) in [6.07, 6.45) is 2.05. The second kappa shape index (κ2) is 7.65. The number of amides is 1. The van der Waals surface area contributed by atoms with Crippen LogP contribution in [-0.2, 0) is 6.54 Å². The zero-order valence-electron chi connectivity index (χ0n) is 11.8. The van der Waals surface area contributed by atoms with Crippen molar-refractivity contribution in [2.75, 3.05) is 13.3 Å². The highest BCUT2D eigenvalue weighted by atomic mass is 127. The average molecular weight is 476 g/mol. The predicted octanol–water partition coefficient (Wildman–Crippen LogP) is 5.05. The quantitative estimate of drug-likeness (QED) is 0.455. The Morgan fingerprint density at radius 2 is 1.90 bits per heavy atom. The van der Waals surface area contributed by atoms with Gasteiger partial charge < -0.3 is 4.90 Å². The Bertz CT molecular complexity index is 645. The number of nitrogens with zero attached hydrogens (tertiary/aromatic N) is 1. The van der Waals surface area contributed by atoms with Gasteiger partial charge in [0.2, 0.25) is 0 Å². The second-order valence-corrected chi connectivity index (χ2v) is 7.61. The van der Waals surface area contributed by atoms with Gasteiger partial charge >= 0.3 is 0 Å². The summed E-state index contributed by atoms with van der Waals surface area (Å²) in [5.74, 6) is 0.0225. The monoisotopic (exact) mass is 475 g/mol. The van der Waals surface area contributed by atoms with Crippen LogP contribution in [0.5, 0.6) is 0 Å². The molecule has 0 aliphatic carbocycles. The predicted molar refractivity (Wildman–Crippen MR) is 101 cm³/mol. The molecule has 2 aromatic carbocycles. The lowest BCUT2D eigenvalue weighted by Gasteiger charge is -2.18. The molecule has 0 unspecified atom stereocenters. The Kier molecular flexibility index (Phi) is 6.13. The fourth-order valence-corrected chi connectivity index (χ4v) is 3.26. The molecule has 2 nitrogen and oxygen atoms in total. The van der Waals surface area contributed by atoms with E-state index in [4.69, 9.17) is 0 Å². The fourth-order valence-electron chi connectivity index (χ4n) is 1.94. The van der Waals surface area contributed by atoms with Gasteiger partial charge in [-0.05, 0) is 80.7 Å². The van der Waals surface area contributed by atoms with Crippen LogP contribution in [0.2, 0.25) is 0 Å². The molecule has 0 aromatic heterocycles. The van der Waals surface area contributed by atoms with E-state index < -0.39 is 0 Å². The highest BCUT2D eigenvalue weighted by molar-refractivity contribution is 14.1. The molecule has 0 aliphatic heterocycles. The van der Waals surface area contributed by atoms with E-state index in [2.05, 4.69) is 69.0 Å². The van der Waals surface area contributed by atoms with Gasteiger partial charge in [0.15, 0.2) is 0 Å². The van der Waals surface area contributed by atoms with E-state index in [1.807, 2.05) is 25.2 Å². The van der Waals surface area contributed by atoms with Crippen molar-refractivity contribution in [2.45, 2.75) is 11.4 Å². The van der Waals surface area contributed by atoms with Crippen LogP contribution in [0, 0.1) is 3.57 Å². The molecule has 0 atom stereocenters. The SMILES string of the molecule is CSc1ccc(CN(C)C(=O)c2cc(I)ccc2Br)cc1. The van der Waals surface area contributed by atoms with Crippen LogP contribution in [-0.4, -0.2) is 24.1 Å². The van der Waals surface area contributed by atoms with E-state index in [1.54, 1.807) is 16.7 Å². The molecule has 0 bridgehead atoms. The number of hydrogen-bond acceptors (Lipinski definition) is 2. The summed E-state index contributed by atoms with van der Waals surface area (Å²) in [6, 6.07) is 14.1. The lowest BCUT2D eigenvalue weighted by molar-refractivity contribution is 0.0784. The molecular formula is C16H15BrINOS. The van der Waals surface area contributed by atoms with Crippen molar-refractivity contribution in [3.05, 3.63) is 61.6 Å². The summed E-state index contributed by atoms with van der Waals surface area (Å²) in [7, 11) is 1.83. The van der Waals surface area contributed by atoms with Gasteiger partial charge in [0.05, 0.1) is 5.56 Å². The van der Waals surface area contributed by atoms with E-state index in [1.165, 1.54) is 4.90 Å². The third-order valence-corrected chi connectivity index (χ3v) is 5.19. The average Bonchev–Trinajstić information content (AvgIpc) is 2.49. The van der Waals surface area contributed by atoms with Crippen LogP contribution in [0.1, 0.15) is 15.9 Å². The topological polar surface area (TPSA) is 20.3 Å². The molecule has 0 fully saturated rings. The summed E-state index contributed by atoms with van der Waals surface area (Å²) in [5, 5.41) is 0. The van der Waals surface area contributed by atoms with Gasteiger partial charge in [0.25, 0.3) is 5.91 Å². The van der Waals surface area contributed by atoms with Gasteiger partial charge in [-0.25, -0.2) is 0 Å². The van der Waals surface area contributed by atoms with Gasteiger partial charge in [-0.15, -0.1) is 11.8 Å². The Hall–Kier alpha value is -0.530. The molecule has 2 rings (SSSR count). The van der Waals surface area contributed by atoms with Crippen molar-refractivity contribution in [1.82, 2.24) is 4.90 Å². The summed E-state index contributed by atoms with van der Waals surface area (Å²) < 4.78 is 1.88. The number of carbonyl (C=O) groups is 1. The van der Waals surface area contributed by atoms with Crippen molar-refractivity contribution < 1.29 is 4.79 Å². The molecule has 0 N–H and O–H groups in total. The maximum Gasteiger partial charge on any atom is 0.255 e. The Morgan fingerprint density at radius 1 is 1.24 bits per heavy atom. The molecular weight excluding hydrogens is 461 g/mol. The molecule has 0 aliphatic rings. The Morgan fingerprint density at radius 3 is 2.52 bits per heavy atom. The van der Waals surface area contributed by atoms with Gasteiger partial charge in [0.1, 0.15) is 0 Å². The first-order valence-electron chi connectivity index (χ1n) is 6.34. The maximum absolute atomic E-state index is 12.5. The first-order chi connectivity index (χ1) is 10.0. The number of hydrogen-bond donors (Lipinski definition) is 0. The van der Waals surface area contributed by atoms with Gasteiger partial charge in [-0.1, -0.05) is 12.1 Å². The zero-order chi connectivity index (χ0) is 15.4. The molecule has 1 amide bonds. The minimum Gasteiger partial charge on any atom is -0.337 e. The van der Waals surface area contributed by atoms with E-state index in [0.29, 0.717) is 12.1 Å². The molecule has 0 radical (unpaired) electrons. The van der Waals surface area contributed by atoms with Crippen LogP contribution in [0.4, 0.5) is 0 Å². The van der Waals surface area contributed by atoms with Crippen molar-refractivity contribution in [3.8, 4) is 0 Å². The first-order valence-corrected chi connectivity index (χ1v) is 9.44. The van der Waals surface area contributed by atoms with Crippen LogP contribution in [0.25, 0.3) is 0 Å². The summed E-state index contributed by atoms with van der Waals surface area (Å²) in [5.41, 5.74) is 1.83. The fraction of sp³-hybridized carbons (Fsp3) is 0.188. The number of rotatable bonds is 4. The number of halogens is 2. The lowest BCUT2D eigenvalue weighted by atomic mass is 10.1. The Balaban J connectivity index is 2.13. The first kappa shape index (κ1) is 16.8. The van der Waals surface area contributed by atoms with Gasteiger partial charge in [-0.2, -0.15) is 0 Å². The van der Waals surface area contributed by atoms with E-state index in [-0.39, 0.29) is 5.91 Å². The largest absolute Gasteiger partial charge is 0.337 e. The third-order valence-electron chi connectivity index (χ3n) is 3.08. The third kappa shape index (κ3) is 4.47. The molecule has 0 spiro atoms. The van der Waals surface area contributed by atoms with Crippen LogP contribution in [0.15, 0.2) is 51.8 Å². The highest BCUT2D eigenvalue weighted by Gasteiger charge is 2.15. The zero-order valence-corrected chi connectivity index (χ0v) is 16.3. The van der Waals surface area contributed by atoms with Gasteiger partial charge in [-0.3, -0.25) is 4.79 Å². The molecule has 0 heterocycles. The standard InChI is InChI=1S/C16H15BrINOS/c1-19(10-11-3-6-13(21-2)7-4-11)16(20)14-9-12(18)5-8-15(14)17/h3-9H,10H2,1-2H3. The molecule has 0 saturated carbocycles. The second-order valence-electron chi connectivity index (χ2n) is 4.63.